The Morgan fingerprint density at radius 3 is 2.77 bits per heavy atom. The van der Waals surface area contributed by atoms with Crippen molar-refractivity contribution in [1.82, 2.24) is 29.9 Å². The highest BCUT2D eigenvalue weighted by Crippen LogP contribution is 2.24. The second-order valence-corrected chi connectivity index (χ2v) is 6.02. The van der Waals surface area contributed by atoms with Gasteiger partial charge in [-0.1, -0.05) is 28.9 Å². The molecular formula is C17H13ClFN7. The predicted octanol–water partition coefficient (Wildman–Crippen LogP) is 2.51. The number of nitrogens with two attached hydrogens (primary N) is 1. The van der Waals surface area contributed by atoms with E-state index in [4.69, 9.17) is 17.3 Å². The number of halogens is 2. The summed E-state index contributed by atoms with van der Waals surface area (Å²) in [5.74, 6) is -0.416. The van der Waals surface area contributed by atoms with Crippen LogP contribution in [0.1, 0.15) is 23.0 Å². The van der Waals surface area contributed by atoms with E-state index >= 15 is 0 Å². The Hall–Kier alpha value is -2.97. The summed E-state index contributed by atoms with van der Waals surface area (Å²) in [7, 11) is 0. The van der Waals surface area contributed by atoms with Gasteiger partial charge in [-0.25, -0.2) is 19.0 Å². The topological polar surface area (TPSA) is 95.4 Å². The molecule has 0 fully saturated rings. The van der Waals surface area contributed by atoms with Crippen LogP contribution in [-0.2, 0) is 6.54 Å². The summed E-state index contributed by atoms with van der Waals surface area (Å²) in [4.78, 5) is 12.7. The van der Waals surface area contributed by atoms with Crippen LogP contribution in [0.3, 0.4) is 0 Å². The summed E-state index contributed by atoms with van der Waals surface area (Å²) >= 11 is 6.10. The molecule has 0 aliphatic rings. The number of hydrogen-bond donors (Lipinski definition) is 1. The van der Waals surface area contributed by atoms with Crippen molar-refractivity contribution < 1.29 is 4.39 Å². The number of hydrogen-bond acceptors (Lipinski definition) is 6. The summed E-state index contributed by atoms with van der Waals surface area (Å²) in [5.41, 5.74) is 8.64. The second-order valence-electron chi connectivity index (χ2n) is 5.61. The molecule has 130 valence electrons. The van der Waals surface area contributed by atoms with Crippen LogP contribution in [0.2, 0.25) is 5.02 Å². The highest BCUT2D eigenvalue weighted by molar-refractivity contribution is 6.31. The van der Waals surface area contributed by atoms with E-state index < -0.39 is 11.9 Å². The smallest absolute Gasteiger partial charge is 0.182 e. The minimum Gasteiger partial charge on any atom is -0.318 e. The lowest BCUT2D eigenvalue weighted by atomic mass is 10.1. The molecule has 2 N–H and O–H groups in total. The van der Waals surface area contributed by atoms with Gasteiger partial charge >= 0.3 is 0 Å². The molecule has 26 heavy (non-hydrogen) atoms. The lowest BCUT2D eigenvalue weighted by molar-refractivity contribution is 0.582. The van der Waals surface area contributed by atoms with Gasteiger partial charge in [0.1, 0.15) is 12.1 Å². The van der Waals surface area contributed by atoms with E-state index in [1.165, 1.54) is 17.1 Å². The van der Waals surface area contributed by atoms with Gasteiger partial charge in [-0.2, -0.15) is 0 Å². The van der Waals surface area contributed by atoms with Crippen molar-refractivity contribution in [3.05, 3.63) is 76.7 Å². The van der Waals surface area contributed by atoms with Gasteiger partial charge in [0.15, 0.2) is 11.2 Å². The Labute approximate surface area is 152 Å². The molecule has 0 bridgehead atoms. The lowest BCUT2D eigenvalue weighted by Crippen LogP contribution is -2.16. The zero-order valence-corrected chi connectivity index (χ0v) is 14.2. The van der Waals surface area contributed by atoms with Gasteiger partial charge in [0.2, 0.25) is 0 Å². The van der Waals surface area contributed by atoms with E-state index in [0.717, 1.165) is 0 Å². The van der Waals surface area contributed by atoms with Gasteiger partial charge in [0.05, 0.1) is 24.0 Å². The highest BCUT2D eigenvalue weighted by atomic mass is 35.5. The maximum Gasteiger partial charge on any atom is 0.182 e. The Morgan fingerprint density at radius 1 is 1.12 bits per heavy atom. The molecular weight excluding hydrogens is 357 g/mol. The average molecular weight is 370 g/mol. The molecule has 4 rings (SSSR count). The Morgan fingerprint density at radius 2 is 2.00 bits per heavy atom. The fourth-order valence-electron chi connectivity index (χ4n) is 2.68. The zero-order chi connectivity index (χ0) is 18.1. The first-order valence-electron chi connectivity index (χ1n) is 7.78. The summed E-state index contributed by atoms with van der Waals surface area (Å²) in [6.45, 7) is 0.0945. The van der Waals surface area contributed by atoms with Crippen LogP contribution in [0.4, 0.5) is 4.39 Å². The van der Waals surface area contributed by atoms with Gasteiger partial charge in [0, 0.05) is 16.8 Å². The molecule has 1 atom stereocenters. The largest absolute Gasteiger partial charge is 0.318 e. The van der Waals surface area contributed by atoms with E-state index in [-0.39, 0.29) is 6.54 Å². The molecule has 4 aromatic rings. The third-order valence-electron chi connectivity index (χ3n) is 4.00. The number of benzene rings is 1. The number of rotatable bonds is 4. The molecule has 3 heterocycles. The van der Waals surface area contributed by atoms with Crippen molar-refractivity contribution in [2.45, 2.75) is 12.6 Å². The molecule has 0 aliphatic carbocycles. The van der Waals surface area contributed by atoms with Crippen LogP contribution in [-0.4, -0.2) is 29.9 Å². The highest BCUT2D eigenvalue weighted by Gasteiger charge is 2.20. The Kier molecular flexibility index (Phi) is 4.27. The standard InChI is InChI=1S/C17H13ClFN7/c18-11-4-3-5-12(19)10(11)8-26-17-16(24-25-26)15(22-9-23-17)14(20)13-6-1-2-7-21-13/h1-7,9,14H,8,20H2. The van der Waals surface area contributed by atoms with Crippen molar-refractivity contribution in [2.24, 2.45) is 5.73 Å². The molecule has 1 unspecified atom stereocenters. The van der Waals surface area contributed by atoms with Crippen molar-refractivity contribution in [3.63, 3.8) is 0 Å². The van der Waals surface area contributed by atoms with Crippen molar-refractivity contribution in [3.8, 4) is 0 Å². The molecule has 0 spiro atoms. The fraction of sp³-hybridized carbons (Fsp3) is 0.118. The molecule has 7 nitrogen and oxygen atoms in total. The quantitative estimate of drug-likeness (QED) is 0.593. The van der Waals surface area contributed by atoms with Crippen LogP contribution in [0.5, 0.6) is 0 Å². The molecule has 9 heteroatoms. The minimum absolute atomic E-state index is 0.0945. The van der Waals surface area contributed by atoms with E-state index in [1.54, 1.807) is 24.4 Å². The van der Waals surface area contributed by atoms with Gasteiger partial charge in [-0.05, 0) is 24.3 Å². The van der Waals surface area contributed by atoms with Crippen molar-refractivity contribution >= 4 is 22.8 Å². The molecule has 0 saturated heterocycles. The molecule has 3 aromatic heterocycles. The first-order valence-corrected chi connectivity index (χ1v) is 8.16. The van der Waals surface area contributed by atoms with E-state index in [0.29, 0.717) is 33.1 Å². The Bertz CT molecular complexity index is 1050. The predicted molar refractivity (Wildman–Crippen MR) is 93.9 cm³/mol. The van der Waals surface area contributed by atoms with Crippen LogP contribution in [0.25, 0.3) is 11.2 Å². The van der Waals surface area contributed by atoms with Crippen LogP contribution in [0, 0.1) is 5.82 Å². The van der Waals surface area contributed by atoms with Gasteiger partial charge in [0.25, 0.3) is 0 Å². The maximum absolute atomic E-state index is 14.1. The number of fused-ring (bicyclic) bond motifs is 1. The summed E-state index contributed by atoms with van der Waals surface area (Å²) in [6.07, 6.45) is 3.04. The molecule has 0 radical (unpaired) electrons. The van der Waals surface area contributed by atoms with Gasteiger partial charge < -0.3 is 5.73 Å². The van der Waals surface area contributed by atoms with Crippen LogP contribution < -0.4 is 5.73 Å². The van der Waals surface area contributed by atoms with Gasteiger partial charge in [-0.15, -0.1) is 5.10 Å². The second kappa shape index (κ2) is 6.74. The first kappa shape index (κ1) is 16.5. The third kappa shape index (κ3) is 2.89. The van der Waals surface area contributed by atoms with Crippen LogP contribution >= 0.6 is 11.6 Å². The van der Waals surface area contributed by atoms with Crippen molar-refractivity contribution in [2.75, 3.05) is 0 Å². The molecule has 0 aliphatic heterocycles. The molecule has 0 amide bonds. The number of nitrogens with zero attached hydrogens (tertiary/aromatic N) is 6. The maximum atomic E-state index is 14.1. The number of aromatic nitrogens is 6. The van der Waals surface area contributed by atoms with Crippen molar-refractivity contribution in [1.29, 1.82) is 0 Å². The first-order chi connectivity index (χ1) is 12.6. The average Bonchev–Trinajstić information content (AvgIpc) is 3.08. The van der Waals surface area contributed by atoms with Gasteiger partial charge in [-0.3, -0.25) is 4.98 Å². The van der Waals surface area contributed by atoms with E-state index in [9.17, 15) is 4.39 Å². The van der Waals surface area contributed by atoms with E-state index in [1.807, 2.05) is 12.1 Å². The summed E-state index contributed by atoms with van der Waals surface area (Å²) in [6, 6.07) is 9.39. The Balaban J connectivity index is 1.76. The number of pyridine rings is 1. The zero-order valence-electron chi connectivity index (χ0n) is 13.4. The SMILES string of the molecule is NC(c1ccccn1)c1ncnc2c1nnn2Cc1c(F)cccc1Cl. The fourth-order valence-corrected chi connectivity index (χ4v) is 2.90. The van der Waals surface area contributed by atoms with E-state index in [2.05, 4.69) is 25.3 Å². The monoisotopic (exact) mass is 369 g/mol. The summed E-state index contributed by atoms with van der Waals surface area (Å²) < 4.78 is 15.5. The normalized spacial score (nSPS) is 12.4. The minimum atomic E-state index is -0.580. The van der Waals surface area contributed by atoms with Crippen LogP contribution in [0.15, 0.2) is 48.9 Å². The third-order valence-corrected chi connectivity index (χ3v) is 4.35. The molecule has 1 aromatic carbocycles. The molecule has 0 saturated carbocycles. The lowest BCUT2D eigenvalue weighted by Gasteiger charge is -2.10. The summed E-state index contributed by atoms with van der Waals surface area (Å²) in [5, 5.41) is 8.52.